The van der Waals surface area contributed by atoms with Crippen LogP contribution in [0.4, 0.5) is 0 Å². The third-order valence-electron chi connectivity index (χ3n) is 3.02. The van der Waals surface area contributed by atoms with E-state index >= 15 is 0 Å². The second-order valence-corrected chi connectivity index (χ2v) is 6.51. The highest BCUT2D eigenvalue weighted by Crippen LogP contribution is 2.24. The fraction of sp³-hybridized carbons (Fsp3) is 0.700. The Labute approximate surface area is 95.8 Å². The Morgan fingerprint density at radius 2 is 2.19 bits per heavy atom. The molecule has 1 aliphatic heterocycles. The van der Waals surface area contributed by atoms with Gasteiger partial charge < -0.3 is 9.88 Å². The van der Waals surface area contributed by atoms with Crippen LogP contribution in [0.25, 0.3) is 0 Å². The lowest BCUT2D eigenvalue weighted by molar-refractivity contribution is 0.435. The van der Waals surface area contributed by atoms with Gasteiger partial charge in [0.2, 0.25) is 0 Å². The minimum Gasteiger partial charge on any atom is -0.330 e. The molecule has 0 aromatic carbocycles. The molecule has 2 heterocycles. The lowest BCUT2D eigenvalue weighted by atomic mass is 10.1. The van der Waals surface area contributed by atoms with Crippen molar-refractivity contribution in [1.29, 1.82) is 0 Å². The molecular weight excluding hydrogens is 226 g/mol. The van der Waals surface area contributed by atoms with Crippen molar-refractivity contribution in [2.45, 2.75) is 25.4 Å². The van der Waals surface area contributed by atoms with E-state index in [4.69, 9.17) is 0 Å². The molecule has 0 spiro atoms. The number of hydrogen-bond acceptors (Lipinski definition) is 4. The Morgan fingerprint density at radius 3 is 2.81 bits per heavy atom. The van der Waals surface area contributed by atoms with Gasteiger partial charge in [-0.15, -0.1) is 0 Å². The van der Waals surface area contributed by atoms with Gasteiger partial charge in [-0.25, -0.2) is 13.4 Å². The topological polar surface area (TPSA) is 64.0 Å². The molecule has 0 bridgehead atoms. The van der Waals surface area contributed by atoms with Crippen LogP contribution >= 0.6 is 0 Å². The van der Waals surface area contributed by atoms with Crippen molar-refractivity contribution >= 4 is 9.84 Å². The Hall–Kier alpha value is -0.880. The number of hydrogen-bond donors (Lipinski definition) is 1. The molecule has 5 nitrogen and oxygen atoms in total. The zero-order valence-electron chi connectivity index (χ0n) is 9.39. The van der Waals surface area contributed by atoms with Crippen LogP contribution in [0.15, 0.2) is 12.5 Å². The van der Waals surface area contributed by atoms with Gasteiger partial charge >= 0.3 is 0 Å². The molecule has 0 amide bonds. The summed E-state index contributed by atoms with van der Waals surface area (Å²) < 4.78 is 24.8. The van der Waals surface area contributed by atoms with Crippen LogP contribution in [-0.4, -0.2) is 36.5 Å². The van der Waals surface area contributed by atoms with E-state index in [1.54, 1.807) is 6.33 Å². The van der Waals surface area contributed by atoms with Crippen molar-refractivity contribution in [3.05, 3.63) is 18.2 Å². The molecule has 2 rings (SSSR count). The molecule has 0 saturated carbocycles. The fourth-order valence-corrected chi connectivity index (χ4v) is 3.60. The summed E-state index contributed by atoms with van der Waals surface area (Å²) in [6.45, 7) is 0.767. The fourth-order valence-electron chi connectivity index (χ4n) is 2.13. The molecule has 1 aromatic heterocycles. The first-order valence-corrected chi connectivity index (χ1v) is 7.30. The van der Waals surface area contributed by atoms with Crippen LogP contribution in [0.2, 0.25) is 0 Å². The molecule has 1 aromatic rings. The van der Waals surface area contributed by atoms with Crippen LogP contribution < -0.4 is 5.32 Å². The second-order valence-electron chi connectivity index (χ2n) is 4.21. The molecule has 6 heteroatoms. The van der Waals surface area contributed by atoms with E-state index in [0.29, 0.717) is 24.3 Å². The normalized spacial score (nSPS) is 21.1. The van der Waals surface area contributed by atoms with Gasteiger partial charge in [0.1, 0.15) is 9.84 Å². The van der Waals surface area contributed by atoms with Gasteiger partial charge in [-0.2, -0.15) is 0 Å². The highest BCUT2D eigenvalue weighted by molar-refractivity contribution is 7.91. The van der Waals surface area contributed by atoms with Crippen molar-refractivity contribution in [1.82, 2.24) is 14.9 Å². The molecule has 16 heavy (non-hydrogen) atoms. The Morgan fingerprint density at radius 1 is 1.50 bits per heavy atom. The first-order chi connectivity index (χ1) is 7.62. The highest BCUT2D eigenvalue weighted by atomic mass is 32.2. The average molecular weight is 243 g/mol. The molecule has 0 atom stereocenters. The van der Waals surface area contributed by atoms with Crippen molar-refractivity contribution in [2.75, 3.05) is 18.6 Å². The summed E-state index contributed by atoms with van der Waals surface area (Å²) in [5.41, 5.74) is 1.12. The summed E-state index contributed by atoms with van der Waals surface area (Å²) >= 11 is 0. The van der Waals surface area contributed by atoms with Gasteiger partial charge in [-0.05, 0) is 19.9 Å². The largest absolute Gasteiger partial charge is 0.330 e. The Balaban J connectivity index is 2.11. The van der Waals surface area contributed by atoms with E-state index in [1.165, 1.54) is 0 Å². The summed E-state index contributed by atoms with van der Waals surface area (Å²) in [4.78, 5) is 4.13. The molecule has 0 radical (unpaired) electrons. The summed E-state index contributed by atoms with van der Waals surface area (Å²) in [5, 5.41) is 3.09. The quantitative estimate of drug-likeness (QED) is 0.832. The lowest BCUT2D eigenvalue weighted by Crippen LogP contribution is -2.26. The second kappa shape index (κ2) is 4.55. The van der Waals surface area contributed by atoms with Gasteiger partial charge in [0.05, 0.1) is 23.5 Å². The molecule has 0 unspecified atom stereocenters. The predicted octanol–water partition coefficient (Wildman–Crippen LogP) is 0.352. The maximum absolute atomic E-state index is 11.3. The number of rotatable bonds is 3. The Kier molecular flexibility index (Phi) is 3.30. The zero-order valence-corrected chi connectivity index (χ0v) is 10.2. The SMILES string of the molecule is CNCc1cncn1C1CCS(=O)(=O)CC1. The minimum atomic E-state index is -2.78. The van der Waals surface area contributed by atoms with Crippen LogP contribution in [0, 0.1) is 0 Å². The van der Waals surface area contributed by atoms with E-state index in [0.717, 1.165) is 12.2 Å². The van der Waals surface area contributed by atoms with Crippen molar-refractivity contribution in [3.8, 4) is 0 Å². The van der Waals surface area contributed by atoms with Crippen molar-refractivity contribution in [2.24, 2.45) is 0 Å². The van der Waals surface area contributed by atoms with E-state index < -0.39 is 9.84 Å². The molecule has 0 aliphatic carbocycles. The smallest absolute Gasteiger partial charge is 0.150 e. The van der Waals surface area contributed by atoms with Crippen LogP contribution in [-0.2, 0) is 16.4 Å². The first kappa shape index (κ1) is 11.6. The summed E-state index contributed by atoms with van der Waals surface area (Å²) in [7, 11) is -0.890. The van der Waals surface area contributed by atoms with Crippen LogP contribution in [0.1, 0.15) is 24.6 Å². The van der Waals surface area contributed by atoms with Crippen LogP contribution in [0.3, 0.4) is 0 Å². The maximum Gasteiger partial charge on any atom is 0.150 e. The van der Waals surface area contributed by atoms with Crippen LogP contribution in [0.5, 0.6) is 0 Å². The number of nitrogens with zero attached hydrogens (tertiary/aromatic N) is 2. The number of nitrogens with one attached hydrogen (secondary N) is 1. The Bertz CT molecular complexity index is 438. The zero-order chi connectivity index (χ0) is 11.6. The molecular formula is C10H17N3O2S. The molecule has 1 aliphatic rings. The predicted molar refractivity (Wildman–Crippen MR) is 61.9 cm³/mol. The van der Waals surface area contributed by atoms with E-state index in [2.05, 4.69) is 14.9 Å². The molecule has 1 N–H and O–H groups in total. The number of imidazole rings is 1. The third kappa shape index (κ3) is 2.44. The summed E-state index contributed by atoms with van der Waals surface area (Å²) in [6, 6.07) is 0.286. The van der Waals surface area contributed by atoms with Gasteiger partial charge in [0, 0.05) is 18.8 Å². The molecule has 1 saturated heterocycles. The van der Waals surface area contributed by atoms with Crippen molar-refractivity contribution in [3.63, 3.8) is 0 Å². The van der Waals surface area contributed by atoms with E-state index in [-0.39, 0.29) is 6.04 Å². The van der Waals surface area contributed by atoms with Gasteiger partial charge in [-0.3, -0.25) is 0 Å². The number of aromatic nitrogens is 2. The minimum absolute atomic E-state index is 0.286. The summed E-state index contributed by atoms with van der Waals surface area (Å²) in [5.74, 6) is 0.601. The third-order valence-corrected chi connectivity index (χ3v) is 4.74. The monoisotopic (exact) mass is 243 g/mol. The standard InChI is InChI=1S/C10H17N3O2S/c1-11-6-10-7-12-8-13(10)9-2-4-16(14,15)5-3-9/h7-9,11H,2-6H2,1H3. The van der Waals surface area contributed by atoms with Gasteiger partial charge in [-0.1, -0.05) is 0 Å². The molecule has 1 fully saturated rings. The highest BCUT2D eigenvalue weighted by Gasteiger charge is 2.25. The van der Waals surface area contributed by atoms with Gasteiger partial charge in [0.25, 0.3) is 0 Å². The number of sulfone groups is 1. The van der Waals surface area contributed by atoms with Crippen molar-refractivity contribution < 1.29 is 8.42 Å². The van der Waals surface area contributed by atoms with E-state index in [1.807, 2.05) is 13.2 Å². The van der Waals surface area contributed by atoms with Gasteiger partial charge in [0.15, 0.2) is 0 Å². The summed E-state index contributed by atoms with van der Waals surface area (Å²) in [6.07, 6.45) is 5.04. The maximum atomic E-state index is 11.3. The van der Waals surface area contributed by atoms with E-state index in [9.17, 15) is 8.42 Å². The molecule has 90 valence electrons. The average Bonchev–Trinajstić information content (AvgIpc) is 2.67. The lowest BCUT2D eigenvalue weighted by Gasteiger charge is -2.24. The first-order valence-electron chi connectivity index (χ1n) is 5.48.